The van der Waals surface area contributed by atoms with Crippen LogP contribution in [0, 0.1) is 11.8 Å². The van der Waals surface area contributed by atoms with Crippen molar-refractivity contribution in [3.05, 3.63) is 69.9 Å². The maximum atomic E-state index is 13.4. The third kappa shape index (κ3) is 3.49. The molecule has 4 heterocycles. The molecule has 4 atom stereocenters. The Labute approximate surface area is 187 Å². The Morgan fingerprint density at radius 3 is 2.69 bits per heavy atom. The molecule has 3 aliphatic rings. The van der Waals surface area contributed by atoms with E-state index in [1.165, 1.54) is 0 Å². The Morgan fingerprint density at radius 1 is 1.25 bits per heavy atom. The second kappa shape index (κ2) is 8.64. The number of hydrogen-bond acceptors (Lipinski definition) is 5. The number of nitrogens with one attached hydrogen (secondary N) is 1. The highest BCUT2D eigenvalue weighted by molar-refractivity contribution is 5.83. The van der Waals surface area contributed by atoms with Crippen molar-refractivity contribution >= 4 is 12.0 Å². The lowest BCUT2D eigenvalue weighted by Gasteiger charge is -2.34. The molecular weight excluding hydrogens is 404 g/mol. The molecule has 5 rings (SSSR count). The van der Waals surface area contributed by atoms with Gasteiger partial charge < -0.3 is 15.0 Å². The summed E-state index contributed by atoms with van der Waals surface area (Å²) in [7, 11) is 0. The number of allylic oxidation sites excluding steroid dienone is 1. The van der Waals surface area contributed by atoms with Crippen LogP contribution in [0.2, 0.25) is 0 Å². The number of carbonyl (C=O) groups is 1. The number of nitrogens with zero attached hydrogens (tertiary/aromatic N) is 3. The van der Waals surface area contributed by atoms with Gasteiger partial charge in [-0.2, -0.15) is 0 Å². The predicted molar refractivity (Wildman–Crippen MR) is 122 cm³/mol. The summed E-state index contributed by atoms with van der Waals surface area (Å²) in [6, 6.07) is 7.52. The molecule has 2 aromatic heterocycles. The Balaban J connectivity index is 1.55. The van der Waals surface area contributed by atoms with E-state index in [9.17, 15) is 14.7 Å². The Kier molecular flexibility index (Phi) is 5.69. The first-order valence-electron chi connectivity index (χ1n) is 11.5. The Morgan fingerprint density at radius 2 is 2.03 bits per heavy atom. The number of aromatic nitrogens is 2. The average molecular weight is 435 g/mol. The highest BCUT2D eigenvalue weighted by atomic mass is 16.3. The van der Waals surface area contributed by atoms with Crippen molar-refractivity contribution in [3.63, 3.8) is 0 Å². The van der Waals surface area contributed by atoms with Crippen LogP contribution in [0.5, 0.6) is 0 Å². The van der Waals surface area contributed by atoms with E-state index < -0.39 is 6.04 Å². The van der Waals surface area contributed by atoms with E-state index in [1.54, 1.807) is 12.4 Å². The van der Waals surface area contributed by atoms with Gasteiger partial charge in [-0.15, -0.1) is 0 Å². The third-order valence-corrected chi connectivity index (χ3v) is 7.40. The van der Waals surface area contributed by atoms with Gasteiger partial charge in [-0.3, -0.25) is 19.5 Å². The number of rotatable bonds is 6. The molecule has 0 radical (unpaired) electrons. The molecular formula is C25H30N4O3. The number of pyridine rings is 2. The van der Waals surface area contributed by atoms with Crippen LogP contribution >= 0.6 is 0 Å². The maximum absolute atomic E-state index is 13.4. The van der Waals surface area contributed by atoms with Crippen molar-refractivity contribution in [1.29, 1.82) is 0 Å². The summed E-state index contributed by atoms with van der Waals surface area (Å²) in [5.74, 6) is -0.226. The monoisotopic (exact) mass is 434 g/mol. The van der Waals surface area contributed by atoms with Crippen LogP contribution < -0.4 is 10.9 Å². The van der Waals surface area contributed by atoms with Crippen molar-refractivity contribution in [2.24, 2.45) is 11.8 Å². The van der Waals surface area contributed by atoms with Crippen molar-refractivity contribution in [3.8, 4) is 0 Å². The van der Waals surface area contributed by atoms with Crippen molar-refractivity contribution in [2.45, 2.75) is 57.4 Å². The predicted octanol–water partition coefficient (Wildman–Crippen LogP) is 2.11. The minimum absolute atomic E-state index is 0.00311. The van der Waals surface area contributed by atoms with Gasteiger partial charge in [-0.1, -0.05) is 12.2 Å². The minimum atomic E-state index is -0.428. The van der Waals surface area contributed by atoms with Gasteiger partial charge in [0.2, 0.25) is 5.91 Å². The molecule has 168 valence electrons. The number of carbonyl (C=O) groups excluding carboxylic acids is 1. The van der Waals surface area contributed by atoms with Gasteiger partial charge in [0, 0.05) is 61.2 Å². The first-order chi connectivity index (χ1) is 15.6. The van der Waals surface area contributed by atoms with E-state index in [1.807, 2.05) is 47.9 Å². The smallest absolute Gasteiger partial charge is 0.258 e. The minimum Gasteiger partial charge on any atom is -0.396 e. The van der Waals surface area contributed by atoms with Gasteiger partial charge in [0.1, 0.15) is 0 Å². The van der Waals surface area contributed by atoms with E-state index in [-0.39, 0.29) is 42.0 Å². The normalized spacial score (nSPS) is 27.3. The first-order valence-corrected chi connectivity index (χ1v) is 11.5. The van der Waals surface area contributed by atoms with Crippen molar-refractivity contribution in [2.75, 3.05) is 6.61 Å². The van der Waals surface area contributed by atoms with Gasteiger partial charge in [0.25, 0.3) is 5.56 Å². The molecule has 1 amide bonds. The number of fused-ring (bicyclic) bond motifs is 3. The van der Waals surface area contributed by atoms with E-state index in [2.05, 4.69) is 15.2 Å². The van der Waals surface area contributed by atoms with Crippen LogP contribution in [0.25, 0.3) is 6.08 Å². The molecule has 0 spiro atoms. The van der Waals surface area contributed by atoms with Crippen LogP contribution in [0.15, 0.2) is 47.5 Å². The fourth-order valence-electron chi connectivity index (χ4n) is 5.65. The summed E-state index contributed by atoms with van der Waals surface area (Å²) in [5, 5.41) is 13.6. The van der Waals surface area contributed by atoms with Crippen LogP contribution in [0.4, 0.5) is 0 Å². The summed E-state index contributed by atoms with van der Waals surface area (Å²) in [4.78, 5) is 32.8. The van der Waals surface area contributed by atoms with Gasteiger partial charge in [-0.25, -0.2) is 0 Å². The van der Waals surface area contributed by atoms with Crippen molar-refractivity contribution in [1.82, 2.24) is 19.8 Å². The van der Waals surface area contributed by atoms with E-state index in [4.69, 9.17) is 0 Å². The standard InChI is InChI=1S/C25H30N4O3/c1-2-4-17-7-8-21-22-19(14-28(21)25(17)32)20(15-30)23(24(31)27-18-5-3-6-18)29(22)13-16-9-11-26-12-10-16/h2,4,7-12,18-20,22-23,30H,3,5-6,13-15H2,1H3,(H,27,31)/b4-2-/t19-,20-,22+,23-/m1/s1. The number of aliphatic hydroxyl groups excluding tert-OH is 1. The second-order valence-corrected chi connectivity index (χ2v) is 9.19. The van der Waals surface area contributed by atoms with E-state index >= 15 is 0 Å². The zero-order chi connectivity index (χ0) is 22.2. The fraction of sp³-hybridized carbons (Fsp3) is 0.480. The van der Waals surface area contributed by atoms with Gasteiger partial charge in [0.05, 0.1) is 12.1 Å². The maximum Gasteiger partial charge on any atom is 0.258 e. The average Bonchev–Trinajstić information content (AvgIpc) is 3.29. The lowest BCUT2D eigenvalue weighted by Crippen LogP contribution is -2.52. The molecule has 2 N–H and O–H groups in total. The highest BCUT2D eigenvalue weighted by Gasteiger charge is 2.55. The molecule has 2 aromatic rings. The molecule has 0 aromatic carbocycles. The summed E-state index contributed by atoms with van der Waals surface area (Å²) in [5.41, 5.74) is 2.65. The molecule has 2 aliphatic heterocycles. The van der Waals surface area contributed by atoms with Crippen LogP contribution in [0.1, 0.15) is 49.0 Å². The highest BCUT2D eigenvalue weighted by Crippen LogP contribution is 2.49. The Hall–Kier alpha value is -2.77. The quantitative estimate of drug-likeness (QED) is 0.727. The SMILES string of the molecule is C/C=C\c1ccc2n(c1=O)C[C@@H]1[C@@H](CO)[C@H](C(=O)NC3CCC3)N(Cc3ccncc3)[C@H]21. The number of aliphatic hydroxyl groups is 1. The summed E-state index contributed by atoms with van der Waals surface area (Å²) in [6.07, 6.45) is 10.4. The third-order valence-electron chi connectivity index (χ3n) is 7.40. The van der Waals surface area contributed by atoms with Crippen LogP contribution in [-0.4, -0.2) is 44.2 Å². The van der Waals surface area contributed by atoms with Crippen LogP contribution in [-0.2, 0) is 17.9 Å². The number of hydrogen-bond donors (Lipinski definition) is 2. The largest absolute Gasteiger partial charge is 0.396 e. The molecule has 7 heteroatoms. The molecule has 1 aliphatic carbocycles. The summed E-state index contributed by atoms with van der Waals surface area (Å²) >= 11 is 0. The molecule has 0 bridgehead atoms. The van der Waals surface area contributed by atoms with E-state index in [0.29, 0.717) is 18.7 Å². The topological polar surface area (TPSA) is 87.5 Å². The van der Waals surface area contributed by atoms with E-state index in [0.717, 1.165) is 30.5 Å². The second-order valence-electron chi connectivity index (χ2n) is 9.19. The summed E-state index contributed by atoms with van der Waals surface area (Å²) < 4.78 is 1.84. The van der Waals surface area contributed by atoms with Gasteiger partial charge in [-0.05, 0) is 56.0 Å². The molecule has 7 nitrogen and oxygen atoms in total. The first kappa shape index (κ1) is 21.1. The molecule has 1 saturated heterocycles. The molecule has 0 unspecified atom stereocenters. The summed E-state index contributed by atoms with van der Waals surface area (Å²) in [6.45, 7) is 2.90. The van der Waals surface area contributed by atoms with Crippen LogP contribution in [0.3, 0.4) is 0 Å². The number of likely N-dealkylation sites (tertiary alicyclic amines) is 1. The fourth-order valence-corrected chi connectivity index (χ4v) is 5.65. The zero-order valence-corrected chi connectivity index (χ0v) is 18.4. The zero-order valence-electron chi connectivity index (χ0n) is 18.4. The van der Waals surface area contributed by atoms with Gasteiger partial charge >= 0.3 is 0 Å². The molecule has 1 saturated carbocycles. The number of amides is 1. The molecule has 32 heavy (non-hydrogen) atoms. The Bertz CT molecular complexity index is 1080. The molecule has 2 fully saturated rings. The lowest BCUT2D eigenvalue weighted by molar-refractivity contribution is -0.129. The van der Waals surface area contributed by atoms with Crippen molar-refractivity contribution < 1.29 is 9.90 Å². The van der Waals surface area contributed by atoms with Gasteiger partial charge in [0.15, 0.2) is 0 Å². The lowest BCUT2D eigenvalue weighted by atomic mass is 9.87.